The van der Waals surface area contributed by atoms with Gasteiger partial charge >= 0.3 is 22.2 Å². The molecule has 4 N–H and O–H groups in total. The number of thiophene rings is 1. The normalized spacial score (nSPS) is 13.6. The van der Waals surface area contributed by atoms with Gasteiger partial charge in [-0.2, -0.15) is 17.2 Å². The van der Waals surface area contributed by atoms with Crippen LogP contribution >= 0.6 is 11.3 Å². The number of fused-ring (bicyclic) bond motifs is 1. The number of aliphatic imine (C=N–C) groups is 1. The highest BCUT2D eigenvalue weighted by atomic mass is 32.2. The minimum atomic E-state index is -5.65. The smallest absolute Gasteiger partial charge is 0.407 e. The van der Waals surface area contributed by atoms with Gasteiger partial charge in [0.1, 0.15) is 5.84 Å². The Labute approximate surface area is 483 Å². The third-order valence-electron chi connectivity index (χ3n) is 11.3. The van der Waals surface area contributed by atoms with E-state index in [2.05, 4.69) is 15.0 Å². The molecule has 3 amide bonds. The molecule has 0 atom stereocenters. The number of benzene rings is 1. The average molecular weight is 1230 g/mol. The summed E-state index contributed by atoms with van der Waals surface area (Å²) in [7, 11) is -5.65. The molecule has 1 saturated heterocycles. The number of esters is 1. The molecule has 0 spiro atoms. The minimum Gasteiger partial charge on any atom is -0.447 e. The number of hydrogen-bond donors (Lipinski definition) is 3. The second-order valence-electron chi connectivity index (χ2n) is 18.4. The standard InChI is InChI=1S/C52H77F4N5O20S2/c1-4-8-61(79-11-7-58-52(65)80-36(2)3)51(64)38-31-41-40(59-42(57)32-38)33-39(82-41)30-37-34-60(35-37)43(62)5-9-69-12-14-71-16-18-73-20-22-75-24-26-77-28-29-78-27-25-76-23-21-74-19-17-72-15-13-70-10-6-44(63)81-49-45(53)47(55)50(83(66,67)68)48(56)46(49)54/h31,33,36-37H,4-30,32,34-35H2,1-3H3,(H2,57,59)(H,58,65)(H,66,67,68). The fraction of sp³-hybridized carbons (Fsp3) is 0.673. The summed E-state index contributed by atoms with van der Waals surface area (Å²) in [6.45, 7) is 13.2. The van der Waals surface area contributed by atoms with Crippen molar-refractivity contribution in [2.75, 3.05) is 165 Å². The Balaban J connectivity index is 0.861. The van der Waals surface area contributed by atoms with Crippen LogP contribution in [0.5, 0.6) is 5.75 Å². The molecule has 25 nitrogen and oxygen atoms in total. The molecule has 470 valence electrons. The maximum absolute atomic E-state index is 14.0. The zero-order chi connectivity index (χ0) is 60.4. The van der Waals surface area contributed by atoms with E-state index in [0.29, 0.717) is 148 Å². The summed E-state index contributed by atoms with van der Waals surface area (Å²) in [5.74, 6) is -12.3. The van der Waals surface area contributed by atoms with Crippen molar-refractivity contribution < 1.29 is 111 Å². The number of halogens is 4. The molecule has 83 heavy (non-hydrogen) atoms. The van der Waals surface area contributed by atoms with Gasteiger partial charge in [0, 0.05) is 43.1 Å². The van der Waals surface area contributed by atoms with Crippen LogP contribution in [0.2, 0.25) is 0 Å². The fourth-order valence-electron chi connectivity index (χ4n) is 7.44. The molecule has 0 unspecified atom stereocenters. The van der Waals surface area contributed by atoms with Crippen molar-refractivity contribution in [2.24, 2.45) is 16.6 Å². The van der Waals surface area contributed by atoms with Gasteiger partial charge in [0.05, 0.1) is 168 Å². The summed E-state index contributed by atoms with van der Waals surface area (Å²) >= 11 is 1.55. The van der Waals surface area contributed by atoms with Crippen molar-refractivity contribution in [3.05, 3.63) is 44.7 Å². The molecular weight excluding hydrogens is 1150 g/mol. The number of nitrogens with two attached hydrogens (primary N) is 1. The second kappa shape index (κ2) is 39.6. The molecule has 2 aromatic rings. The summed E-state index contributed by atoms with van der Waals surface area (Å²) in [6.07, 6.45) is 2.33. The van der Waals surface area contributed by atoms with Crippen LogP contribution in [-0.4, -0.2) is 224 Å². The molecule has 31 heteroatoms. The number of nitrogens with one attached hydrogen (secondary N) is 1. The number of hydrogen-bond acceptors (Lipinski definition) is 22. The lowest BCUT2D eigenvalue weighted by Gasteiger charge is -2.39. The van der Waals surface area contributed by atoms with Gasteiger partial charge in [-0.05, 0) is 44.7 Å². The average Bonchev–Trinajstić information content (AvgIpc) is 2.75. The first-order chi connectivity index (χ1) is 39.9. The number of amides is 3. The van der Waals surface area contributed by atoms with Gasteiger partial charge in [-0.15, -0.1) is 11.3 Å². The first-order valence-corrected chi connectivity index (χ1v) is 29.3. The molecule has 1 aromatic heterocycles. The van der Waals surface area contributed by atoms with E-state index in [1.54, 1.807) is 25.2 Å². The van der Waals surface area contributed by atoms with Gasteiger partial charge in [0.25, 0.3) is 5.91 Å². The monoisotopic (exact) mass is 1230 g/mol. The lowest BCUT2D eigenvalue weighted by Crippen LogP contribution is -2.50. The zero-order valence-electron chi connectivity index (χ0n) is 47.0. The molecule has 0 aliphatic carbocycles. The highest BCUT2D eigenvalue weighted by Gasteiger charge is 2.35. The van der Waals surface area contributed by atoms with Crippen molar-refractivity contribution in [3.63, 3.8) is 0 Å². The molecule has 1 fully saturated rings. The highest BCUT2D eigenvalue weighted by Crippen LogP contribution is 2.37. The lowest BCUT2D eigenvalue weighted by atomic mass is 9.95. The maximum Gasteiger partial charge on any atom is 0.407 e. The van der Waals surface area contributed by atoms with Crippen LogP contribution in [-0.2, 0) is 87.9 Å². The molecule has 1 aromatic carbocycles. The van der Waals surface area contributed by atoms with E-state index in [-0.39, 0.29) is 76.9 Å². The number of rotatable bonds is 45. The van der Waals surface area contributed by atoms with E-state index >= 15 is 0 Å². The number of carbonyl (C=O) groups excluding carboxylic acids is 4. The van der Waals surface area contributed by atoms with E-state index in [9.17, 15) is 45.2 Å². The summed E-state index contributed by atoms with van der Waals surface area (Å²) in [4.78, 5) is 61.8. The number of ether oxygens (including phenoxy) is 12. The van der Waals surface area contributed by atoms with Crippen molar-refractivity contribution in [1.82, 2.24) is 15.3 Å². The van der Waals surface area contributed by atoms with E-state index < -0.39 is 62.5 Å². The molecule has 0 radical (unpaired) electrons. The Morgan fingerprint density at radius 1 is 0.723 bits per heavy atom. The third-order valence-corrected chi connectivity index (χ3v) is 13.3. The van der Waals surface area contributed by atoms with Crippen LogP contribution in [0.1, 0.15) is 56.2 Å². The zero-order valence-corrected chi connectivity index (χ0v) is 48.6. The molecule has 0 bridgehead atoms. The van der Waals surface area contributed by atoms with E-state index in [0.717, 1.165) is 16.2 Å². The Bertz CT molecular complexity index is 2460. The molecule has 2 aliphatic heterocycles. The Morgan fingerprint density at radius 2 is 1.18 bits per heavy atom. The van der Waals surface area contributed by atoms with Gasteiger partial charge < -0.3 is 72.8 Å². The van der Waals surface area contributed by atoms with Crippen LogP contribution < -0.4 is 15.8 Å². The number of amidine groups is 1. The topological polar surface area (TPSA) is 300 Å². The van der Waals surface area contributed by atoms with Crippen LogP contribution in [0.15, 0.2) is 21.5 Å². The van der Waals surface area contributed by atoms with Gasteiger partial charge in [0.15, 0.2) is 16.5 Å². The summed E-state index contributed by atoms with van der Waals surface area (Å²) in [6, 6.07) is 2.00. The van der Waals surface area contributed by atoms with Crippen LogP contribution in [0.4, 0.5) is 28.0 Å². The van der Waals surface area contributed by atoms with Crippen molar-refractivity contribution in [2.45, 2.75) is 63.9 Å². The first-order valence-electron chi connectivity index (χ1n) is 27.0. The van der Waals surface area contributed by atoms with Crippen LogP contribution in [0, 0.1) is 29.2 Å². The van der Waals surface area contributed by atoms with Crippen molar-refractivity contribution in [3.8, 4) is 5.75 Å². The van der Waals surface area contributed by atoms with E-state index in [1.165, 1.54) is 5.06 Å². The number of likely N-dealkylation sites (tertiary alicyclic amines) is 1. The highest BCUT2D eigenvalue weighted by molar-refractivity contribution is 7.85. The van der Waals surface area contributed by atoms with Gasteiger partial charge in [-0.3, -0.25) is 23.8 Å². The Morgan fingerprint density at radius 3 is 1.63 bits per heavy atom. The summed E-state index contributed by atoms with van der Waals surface area (Å²) in [5, 5.41) is 3.90. The Kier molecular flexibility index (Phi) is 33.6. The van der Waals surface area contributed by atoms with E-state index in [1.807, 2.05) is 24.0 Å². The Hall–Kier alpha value is -5.00. The quantitative estimate of drug-likeness (QED) is 0.0159. The van der Waals surface area contributed by atoms with Gasteiger partial charge in [0.2, 0.25) is 23.3 Å². The second-order valence-corrected chi connectivity index (χ2v) is 20.9. The van der Waals surface area contributed by atoms with Crippen LogP contribution in [0.25, 0.3) is 6.08 Å². The van der Waals surface area contributed by atoms with Crippen LogP contribution in [0.3, 0.4) is 0 Å². The number of alkyl carbamates (subject to hydrolysis) is 1. The van der Waals surface area contributed by atoms with Gasteiger partial charge in [-0.25, -0.2) is 23.6 Å². The summed E-state index contributed by atoms with van der Waals surface area (Å²) in [5.41, 5.74) is 7.42. The molecule has 2 aliphatic rings. The van der Waals surface area contributed by atoms with Crippen molar-refractivity contribution >= 4 is 62.9 Å². The lowest BCUT2D eigenvalue weighted by molar-refractivity contribution is -0.181. The van der Waals surface area contributed by atoms with Gasteiger partial charge in [-0.1, -0.05) is 6.92 Å². The third kappa shape index (κ3) is 27.3. The number of nitrogens with zero attached hydrogens (tertiary/aromatic N) is 3. The fourth-order valence-corrected chi connectivity index (χ4v) is 9.26. The number of carbonyl (C=O) groups is 4. The predicted octanol–water partition coefficient (Wildman–Crippen LogP) is 4.18. The summed E-state index contributed by atoms with van der Waals surface area (Å²) < 4.78 is 150. The predicted molar refractivity (Wildman–Crippen MR) is 289 cm³/mol. The molecule has 4 rings (SSSR count). The first kappa shape index (κ1) is 70.5. The molecular formula is C52H77F4N5O20S2. The minimum absolute atomic E-state index is 0.0153. The largest absolute Gasteiger partial charge is 0.447 e. The number of hydroxylamine groups is 2. The molecule has 3 heterocycles. The maximum atomic E-state index is 14.0. The van der Waals surface area contributed by atoms with E-state index in [4.69, 9.17) is 67.2 Å². The SMILES string of the molecule is CCCN(OCCNC(=O)OC(C)C)C(=O)C1=Cc2sc(CC3CN(C(=O)CCOCCOCCOCCOCCOCCOCCOCCOCCOCCOCCC(=O)Oc4c(F)c(F)c(S(=O)(=O)O)c(F)c4F)C3)cc2N=C(N)C1. The van der Waals surface area contributed by atoms with Crippen molar-refractivity contribution in [1.29, 1.82) is 0 Å². The molecule has 0 saturated carbocycles.